The summed E-state index contributed by atoms with van der Waals surface area (Å²) in [4.78, 5) is 27.7. The molecule has 2 saturated heterocycles. The average Bonchev–Trinajstić information content (AvgIpc) is 3.27. The summed E-state index contributed by atoms with van der Waals surface area (Å²) in [5, 5.41) is 13.6. The summed E-state index contributed by atoms with van der Waals surface area (Å²) in [6, 6.07) is 14.8. The Kier molecular flexibility index (Phi) is 7.81. The molecule has 0 radical (unpaired) electrons. The Morgan fingerprint density at radius 3 is 2.70 bits per heavy atom. The van der Waals surface area contributed by atoms with Crippen LogP contribution in [-0.2, 0) is 24.4 Å². The van der Waals surface area contributed by atoms with Crippen molar-refractivity contribution >= 4 is 34.4 Å². The lowest BCUT2D eigenvalue weighted by Crippen LogP contribution is -2.39. The van der Waals surface area contributed by atoms with Gasteiger partial charge < -0.3 is 24.5 Å². The van der Waals surface area contributed by atoms with E-state index < -0.39 is 5.97 Å². The molecule has 40 heavy (non-hydrogen) atoms. The number of halogens is 1. The number of hydrogen-bond donors (Lipinski definition) is 2. The number of nitrogens with zero attached hydrogens (tertiary/aromatic N) is 5. The molecule has 2 N–H and O–H groups in total. The van der Waals surface area contributed by atoms with E-state index >= 15 is 0 Å². The van der Waals surface area contributed by atoms with Crippen molar-refractivity contribution in [3.05, 3.63) is 76.8 Å². The maximum absolute atomic E-state index is 11.6. The van der Waals surface area contributed by atoms with Crippen molar-refractivity contribution < 1.29 is 19.4 Å². The van der Waals surface area contributed by atoms with E-state index in [1.165, 1.54) is 0 Å². The summed E-state index contributed by atoms with van der Waals surface area (Å²) in [6.07, 6.45) is 4.70. The molecule has 6 rings (SSSR count). The summed E-state index contributed by atoms with van der Waals surface area (Å²) in [5.41, 5.74) is 2.72. The first kappa shape index (κ1) is 26.5. The van der Waals surface area contributed by atoms with Crippen molar-refractivity contribution in [3.63, 3.8) is 0 Å². The van der Waals surface area contributed by atoms with Crippen LogP contribution in [0.5, 0.6) is 5.88 Å². The number of nitrogens with one attached hydrogen (secondary N) is 1. The van der Waals surface area contributed by atoms with Crippen LogP contribution in [0.4, 0.5) is 5.82 Å². The minimum atomic E-state index is -0.934. The van der Waals surface area contributed by atoms with Gasteiger partial charge in [-0.05, 0) is 55.7 Å². The highest BCUT2D eigenvalue weighted by Crippen LogP contribution is 2.25. The molecule has 2 aliphatic rings. The third kappa shape index (κ3) is 6.19. The molecule has 4 aromatic rings. The Balaban J connectivity index is 1.06. The summed E-state index contributed by atoms with van der Waals surface area (Å²) >= 11 is 5.90. The van der Waals surface area contributed by atoms with E-state index in [0.29, 0.717) is 36.6 Å². The summed E-state index contributed by atoms with van der Waals surface area (Å²) in [7, 11) is 0. The van der Waals surface area contributed by atoms with Gasteiger partial charge in [0.15, 0.2) is 0 Å². The van der Waals surface area contributed by atoms with E-state index in [1.54, 1.807) is 30.5 Å². The van der Waals surface area contributed by atoms with Gasteiger partial charge in [0, 0.05) is 38.0 Å². The van der Waals surface area contributed by atoms with Crippen LogP contribution in [0.2, 0.25) is 5.02 Å². The molecule has 10 nitrogen and oxygen atoms in total. The van der Waals surface area contributed by atoms with Crippen molar-refractivity contribution in [2.75, 3.05) is 25.0 Å². The van der Waals surface area contributed by atoms with E-state index in [-0.39, 0.29) is 11.7 Å². The molecule has 0 amide bonds. The predicted octanol–water partition coefficient (Wildman–Crippen LogP) is 4.62. The predicted molar refractivity (Wildman–Crippen MR) is 151 cm³/mol. The van der Waals surface area contributed by atoms with Gasteiger partial charge in [-0.25, -0.2) is 9.78 Å². The maximum atomic E-state index is 11.6. The van der Waals surface area contributed by atoms with Crippen LogP contribution in [0, 0.1) is 0 Å². The zero-order valence-electron chi connectivity index (χ0n) is 22.0. The van der Waals surface area contributed by atoms with E-state index in [4.69, 9.17) is 26.1 Å². The van der Waals surface area contributed by atoms with Crippen LogP contribution >= 0.6 is 11.6 Å². The van der Waals surface area contributed by atoms with E-state index in [0.717, 1.165) is 67.3 Å². The molecular formula is C29H31ClN6O4. The fourth-order valence-electron chi connectivity index (χ4n) is 5.12. The number of carboxylic acid groups (broad SMARTS) is 1. The van der Waals surface area contributed by atoms with Gasteiger partial charge in [0.2, 0.25) is 5.88 Å². The van der Waals surface area contributed by atoms with Gasteiger partial charge in [-0.1, -0.05) is 17.7 Å². The fraction of sp³-hybridized carbons (Fsp3) is 0.379. The second kappa shape index (κ2) is 11.8. The monoisotopic (exact) mass is 562 g/mol. The number of benzene rings is 1. The molecule has 5 heterocycles. The zero-order valence-corrected chi connectivity index (χ0v) is 22.8. The number of pyridine rings is 2. The molecule has 0 aliphatic carbocycles. The van der Waals surface area contributed by atoms with Crippen LogP contribution < -0.4 is 10.1 Å². The van der Waals surface area contributed by atoms with Gasteiger partial charge in [-0.3, -0.25) is 9.88 Å². The zero-order chi connectivity index (χ0) is 27.5. The summed E-state index contributed by atoms with van der Waals surface area (Å²) in [6.45, 7) is 4.32. The Labute approximate surface area is 236 Å². The largest absolute Gasteiger partial charge is 0.478 e. The van der Waals surface area contributed by atoms with Crippen molar-refractivity contribution in [2.24, 2.45) is 0 Å². The first-order chi connectivity index (χ1) is 19.5. The molecule has 1 unspecified atom stereocenters. The van der Waals surface area contributed by atoms with Gasteiger partial charge in [0.25, 0.3) is 0 Å². The van der Waals surface area contributed by atoms with E-state index in [1.807, 2.05) is 24.3 Å². The minimum Gasteiger partial charge on any atom is -0.478 e. The lowest BCUT2D eigenvalue weighted by Gasteiger charge is -2.33. The topological polar surface area (TPSA) is 115 Å². The summed E-state index contributed by atoms with van der Waals surface area (Å²) in [5.74, 6) is 1.34. The van der Waals surface area contributed by atoms with Gasteiger partial charge in [0.05, 0.1) is 46.5 Å². The molecule has 0 spiro atoms. The Bertz CT molecular complexity index is 1480. The number of aromatic carboxylic acids is 1. The van der Waals surface area contributed by atoms with Crippen LogP contribution in [0.3, 0.4) is 0 Å². The average molecular weight is 563 g/mol. The molecule has 11 heteroatoms. The highest BCUT2D eigenvalue weighted by Gasteiger charge is 2.25. The molecule has 1 aromatic carbocycles. The SMILES string of the molecule is O=C(O)c1ccc2nc(CN3CCC(Nc4cccc(OCc5ccc(Cl)cn5)n4)CC3)n(CC3CCO3)c2c1. The number of carbonyl (C=O) groups is 1. The number of ether oxygens (including phenoxy) is 2. The molecule has 0 bridgehead atoms. The molecule has 2 aliphatic heterocycles. The molecule has 1 atom stereocenters. The molecule has 2 fully saturated rings. The van der Waals surface area contributed by atoms with Crippen LogP contribution in [0.25, 0.3) is 11.0 Å². The fourth-order valence-corrected chi connectivity index (χ4v) is 5.23. The first-order valence-corrected chi connectivity index (χ1v) is 13.9. The van der Waals surface area contributed by atoms with Crippen molar-refractivity contribution in [3.8, 4) is 5.88 Å². The second-order valence-electron chi connectivity index (χ2n) is 10.2. The highest BCUT2D eigenvalue weighted by molar-refractivity contribution is 6.30. The van der Waals surface area contributed by atoms with Crippen LogP contribution in [-0.4, -0.2) is 67.3 Å². The third-order valence-corrected chi connectivity index (χ3v) is 7.66. The molecule has 0 saturated carbocycles. The van der Waals surface area contributed by atoms with Crippen LogP contribution in [0.15, 0.2) is 54.7 Å². The van der Waals surface area contributed by atoms with Crippen LogP contribution in [0.1, 0.15) is 41.1 Å². The van der Waals surface area contributed by atoms with Gasteiger partial charge in [0.1, 0.15) is 18.2 Å². The van der Waals surface area contributed by atoms with Crippen molar-refractivity contribution in [2.45, 2.75) is 51.1 Å². The van der Waals surface area contributed by atoms with Gasteiger partial charge >= 0.3 is 5.97 Å². The third-order valence-electron chi connectivity index (χ3n) is 7.44. The van der Waals surface area contributed by atoms with Crippen molar-refractivity contribution in [1.29, 1.82) is 0 Å². The molecule has 208 valence electrons. The molecule has 3 aromatic heterocycles. The normalized spacial score (nSPS) is 18.0. The van der Waals surface area contributed by atoms with E-state index in [9.17, 15) is 9.90 Å². The quantitative estimate of drug-likeness (QED) is 0.285. The number of rotatable bonds is 10. The van der Waals surface area contributed by atoms with Crippen molar-refractivity contribution in [1.82, 2.24) is 24.4 Å². The van der Waals surface area contributed by atoms with Gasteiger partial charge in [-0.15, -0.1) is 0 Å². The number of aromatic nitrogens is 4. The minimum absolute atomic E-state index is 0.147. The number of carboxylic acids is 1. The number of anilines is 1. The number of imidazole rings is 1. The molecular weight excluding hydrogens is 532 g/mol. The first-order valence-electron chi connectivity index (χ1n) is 13.5. The number of fused-ring (bicyclic) bond motifs is 1. The second-order valence-corrected chi connectivity index (χ2v) is 10.7. The maximum Gasteiger partial charge on any atom is 0.335 e. The van der Waals surface area contributed by atoms with E-state index in [2.05, 4.69) is 24.8 Å². The lowest BCUT2D eigenvalue weighted by atomic mass is 10.1. The Morgan fingerprint density at radius 1 is 1.12 bits per heavy atom. The summed E-state index contributed by atoms with van der Waals surface area (Å²) < 4.78 is 13.7. The lowest BCUT2D eigenvalue weighted by molar-refractivity contribution is -0.0592. The van der Waals surface area contributed by atoms with Gasteiger partial charge in [-0.2, -0.15) is 4.98 Å². The number of hydrogen-bond acceptors (Lipinski definition) is 8. The standard InChI is InChI=1S/C29H31ClN6O4/c30-20-5-6-22(31-15-20)18-40-28-3-1-2-26(34-28)32-21-8-11-35(12-9-21)17-27-33-24-7-4-19(29(37)38)14-25(24)36(27)16-23-10-13-39-23/h1-7,14-15,21,23H,8-13,16-18H2,(H,32,34)(H,37,38). The Morgan fingerprint density at radius 2 is 1.98 bits per heavy atom. The number of piperidine rings is 1. The Hall–Kier alpha value is -3.73. The smallest absolute Gasteiger partial charge is 0.335 e. The number of likely N-dealkylation sites (tertiary alicyclic amines) is 1. The highest BCUT2D eigenvalue weighted by atomic mass is 35.5.